The van der Waals surface area contributed by atoms with Crippen LogP contribution in [0.1, 0.15) is 12.1 Å². The van der Waals surface area contributed by atoms with Gasteiger partial charge in [-0.3, -0.25) is 4.79 Å². The topological polar surface area (TPSA) is 104 Å². The lowest BCUT2D eigenvalue weighted by atomic mass is 10.2. The number of hydrogen-bond donors (Lipinski definition) is 1. The molecule has 1 aromatic carbocycles. The largest absolute Gasteiger partial charge is 0.493 e. The van der Waals surface area contributed by atoms with Crippen LogP contribution >= 0.6 is 11.3 Å². The standard InChI is InChI=1S/C18H22N2O6S2/c1-24-14-6-11(7-15(25-2)17(14)26-3)18-20-13(9-27-18)8-16(21)19-12-4-5-28(22,23)10-12/h6-7,9,12H,4-5,8,10H2,1-3H3,(H,19,21). The molecule has 0 aliphatic carbocycles. The van der Waals surface area contributed by atoms with Crippen LogP contribution < -0.4 is 19.5 Å². The van der Waals surface area contributed by atoms with Crippen molar-refractivity contribution in [1.82, 2.24) is 10.3 Å². The molecule has 1 amide bonds. The van der Waals surface area contributed by atoms with Crippen LogP contribution in [0.5, 0.6) is 17.2 Å². The van der Waals surface area contributed by atoms with Crippen molar-refractivity contribution in [1.29, 1.82) is 0 Å². The van der Waals surface area contributed by atoms with E-state index in [0.717, 1.165) is 5.56 Å². The van der Waals surface area contributed by atoms with E-state index in [4.69, 9.17) is 14.2 Å². The first kappa shape index (κ1) is 20.4. The number of aromatic nitrogens is 1. The number of rotatable bonds is 7. The zero-order valence-electron chi connectivity index (χ0n) is 15.9. The number of amides is 1. The molecule has 8 nitrogen and oxygen atoms in total. The number of sulfone groups is 1. The second-order valence-electron chi connectivity index (χ2n) is 6.40. The molecule has 0 saturated carbocycles. The number of nitrogens with zero attached hydrogens (tertiary/aromatic N) is 1. The fourth-order valence-corrected chi connectivity index (χ4v) is 5.56. The van der Waals surface area contributed by atoms with Crippen LogP contribution in [0.2, 0.25) is 0 Å². The van der Waals surface area contributed by atoms with Crippen molar-refractivity contribution in [3.63, 3.8) is 0 Å². The Morgan fingerprint density at radius 1 is 1.21 bits per heavy atom. The molecule has 1 saturated heterocycles. The highest BCUT2D eigenvalue weighted by Gasteiger charge is 2.29. The van der Waals surface area contributed by atoms with Crippen molar-refractivity contribution in [2.24, 2.45) is 0 Å². The molecule has 2 aromatic rings. The van der Waals surface area contributed by atoms with Gasteiger partial charge < -0.3 is 19.5 Å². The van der Waals surface area contributed by atoms with Crippen LogP contribution in [0.15, 0.2) is 17.5 Å². The summed E-state index contributed by atoms with van der Waals surface area (Å²) >= 11 is 1.40. The summed E-state index contributed by atoms with van der Waals surface area (Å²) in [5.41, 5.74) is 1.40. The number of ether oxygens (including phenoxy) is 3. The second-order valence-corrected chi connectivity index (χ2v) is 9.49. The SMILES string of the molecule is COc1cc(-c2nc(CC(=O)NC3CCS(=O)(=O)C3)cs2)cc(OC)c1OC. The molecule has 1 aliphatic rings. The number of thiazole rings is 1. The fourth-order valence-electron chi connectivity index (χ4n) is 3.08. The van der Waals surface area contributed by atoms with Gasteiger partial charge in [0.1, 0.15) is 5.01 Å². The Hall–Kier alpha value is -2.33. The quantitative estimate of drug-likeness (QED) is 0.718. The van der Waals surface area contributed by atoms with E-state index in [1.165, 1.54) is 18.4 Å². The molecule has 1 aromatic heterocycles. The van der Waals surface area contributed by atoms with E-state index in [2.05, 4.69) is 10.3 Å². The molecule has 0 bridgehead atoms. The molecule has 1 N–H and O–H groups in total. The Labute approximate surface area is 167 Å². The summed E-state index contributed by atoms with van der Waals surface area (Å²) in [6.07, 6.45) is 0.555. The predicted molar refractivity (Wildman–Crippen MR) is 106 cm³/mol. The lowest BCUT2D eigenvalue weighted by molar-refractivity contribution is -0.121. The maximum atomic E-state index is 12.2. The van der Waals surface area contributed by atoms with Gasteiger partial charge in [0.15, 0.2) is 21.3 Å². The van der Waals surface area contributed by atoms with E-state index in [-0.39, 0.29) is 29.9 Å². The highest BCUT2D eigenvalue weighted by atomic mass is 32.2. The molecule has 3 rings (SSSR count). The highest BCUT2D eigenvalue weighted by molar-refractivity contribution is 7.91. The van der Waals surface area contributed by atoms with E-state index in [1.807, 2.05) is 5.38 Å². The number of carbonyl (C=O) groups is 1. The Morgan fingerprint density at radius 3 is 2.43 bits per heavy atom. The van der Waals surface area contributed by atoms with E-state index in [0.29, 0.717) is 34.4 Å². The van der Waals surface area contributed by atoms with Gasteiger partial charge in [-0.15, -0.1) is 11.3 Å². The van der Waals surface area contributed by atoms with Gasteiger partial charge in [-0.25, -0.2) is 13.4 Å². The molecule has 1 atom stereocenters. The van der Waals surface area contributed by atoms with E-state index in [9.17, 15) is 13.2 Å². The summed E-state index contributed by atoms with van der Waals surface area (Å²) in [6, 6.07) is 3.28. The molecule has 10 heteroatoms. The van der Waals surface area contributed by atoms with Gasteiger partial charge in [0.05, 0.1) is 44.9 Å². The highest BCUT2D eigenvalue weighted by Crippen LogP contribution is 2.41. The van der Waals surface area contributed by atoms with Gasteiger partial charge in [0, 0.05) is 17.0 Å². The van der Waals surface area contributed by atoms with Gasteiger partial charge in [0.25, 0.3) is 0 Å². The monoisotopic (exact) mass is 426 g/mol. The number of nitrogens with one attached hydrogen (secondary N) is 1. The van der Waals surface area contributed by atoms with Crippen LogP contribution in [0.25, 0.3) is 10.6 Å². The third-order valence-corrected chi connectivity index (χ3v) is 7.11. The van der Waals surface area contributed by atoms with Gasteiger partial charge in [0.2, 0.25) is 11.7 Å². The van der Waals surface area contributed by atoms with Crippen LogP contribution in [0.3, 0.4) is 0 Å². The van der Waals surface area contributed by atoms with Crippen molar-refractivity contribution in [2.45, 2.75) is 18.9 Å². The van der Waals surface area contributed by atoms with Crippen molar-refractivity contribution in [3.8, 4) is 27.8 Å². The molecule has 152 valence electrons. The number of carbonyl (C=O) groups excluding carboxylic acids is 1. The summed E-state index contributed by atoms with van der Waals surface area (Å²) in [5, 5.41) is 5.30. The maximum Gasteiger partial charge on any atom is 0.226 e. The van der Waals surface area contributed by atoms with E-state index < -0.39 is 9.84 Å². The molecular weight excluding hydrogens is 404 g/mol. The predicted octanol–water partition coefficient (Wildman–Crippen LogP) is 1.68. The van der Waals surface area contributed by atoms with Crippen molar-refractivity contribution >= 4 is 27.1 Å². The third-order valence-electron chi connectivity index (χ3n) is 4.40. The Balaban J connectivity index is 1.72. The molecule has 1 fully saturated rings. The second kappa shape index (κ2) is 8.36. The van der Waals surface area contributed by atoms with Gasteiger partial charge >= 0.3 is 0 Å². The summed E-state index contributed by atoms with van der Waals surface area (Å²) in [7, 11) is 1.60. The minimum Gasteiger partial charge on any atom is -0.493 e. The average Bonchev–Trinajstić information content (AvgIpc) is 3.26. The van der Waals surface area contributed by atoms with Gasteiger partial charge in [-0.05, 0) is 18.6 Å². The summed E-state index contributed by atoms with van der Waals surface area (Å²) in [5.74, 6) is 1.44. The number of hydrogen-bond acceptors (Lipinski definition) is 8. The molecule has 0 radical (unpaired) electrons. The zero-order chi connectivity index (χ0) is 20.3. The van der Waals surface area contributed by atoms with Crippen LogP contribution in [-0.2, 0) is 21.1 Å². The summed E-state index contributed by atoms with van der Waals surface area (Å²) in [6.45, 7) is 0. The molecule has 1 aliphatic heterocycles. The fraction of sp³-hybridized carbons (Fsp3) is 0.444. The van der Waals surface area contributed by atoms with Crippen molar-refractivity contribution in [3.05, 3.63) is 23.2 Å². The molecule has 28 heavy (non-hydrogen) atoms. The van der Waals surface area contributed by atoms with Crippen LogP contribution in [-0.4, -0.2) is 58.2 Å². The van der Waals surface area contributed by atoms with Gasteiger partial charge in [-0.1, -0.05) is 0 Å². The zero-order valence-corrected chi connectivity index (χ0v) is 17.5. The Kier molecular flexibility index (Phi) is 6.09. The first-order chi connectivity index (χ1) is 13.3. The minimum atomic E-state index is -3.03. The normalized spacial score (nSPS) is 17.9. The molecule has 1 unspecified atom stereocenters. The smallest absolute Gasteiger partial charge is 0.226 e. The summed E-state index contributed by atoms with van der Waals surface area (Å²) < 4.78 is 39.0. The van der Waals surface area contributed by atoms with Gasteiger partial charge in [-0.2, -0.15) is 0 Å². The lowest BCUT2D eigenvalue weighted by Crippen LogP contribution is -2.36. The molecule has 2 heterocycles. The van der Waals surface area contributed by atoms with Crippen molar-refractivity contribution < 1.29 is 27.4 Å². The Bertz CT molecular complexity index is 945. The minimum absolute atomic E-state index is 0.00644. The summed E-state index contributed by atoms with van der Waals surface area (Å²) in [4.78, 5) is 16.7. The Morgan fingerprint density at radius 2 is 1.89 bits per heavy atom. The molecule has 0 spiro atoms. The number of benzene rings is 1. The van der Waals surface area contributed by atoms with E-state index >= 15 is 0 Å². The van der Waals surface area contributed by atoms with Crippen molar-refractivity contribution in [2.75, 3.05) is 32.8 Å². The maximum absolute atomic E-state index is 12.2. The lowest BCUT2D eigenvalue weighted by Gasteiger charge is -2.13. The average molecular weight is 427 g/mol. The first-order valence-electron chi connectivity index (χ1n) is 8.59. The van der Waals surface area contributed by atoms with Crippen LogP contribution in [0.4, 0.5) is 0 Å². The third kappa shape index (κ3) is 4.56. The first-order valence-corrected chi connectivity index (χ1v) is 11.3. The van der Waals surface area contributed by atoms with E-state index in [1.54, 1.807) is 26.4 Å². The number of methoxy groups -OCH3 is 3. The van der Waals surface area contributed by atoms with Crippen LogP contribution in [0, 0.1) is 0 Å². The molecular formula is C18H22N2O6S2.